The van der Waals surface area contributed by atoms with Crippen molar-refractivity contribution in [3.63, 3.8) is 0 Å². The molecule has 3 amide bonds. The lowest BCUT2D eigenvalue weighted by atomic mass is 9.95. The lowest BCUT2D eigenvalue weighted by Gasteiger charge is -2.32. The predicted octanol–water partition coefficient (Wildman–Crippen LogP) is 3.13. The number of halogens is 3. The fourth-order valence-electron chi connectivity index (χ4n) is 3.35. The lowest BCUT2D eigenvalue weighted by Crippen LogP contribution is -2.49. The highest BCUT2D eigenvalue weighted by molar-refractivity contribution is 6.31. The number of cyclic esters (lactones) is 1. The first-order valence-corrected chi connectivity index (χ1v) is 9.20. The Morgan fingerprint density at radius 2 is 2.00 bits per heavy atom. The summed E-state index contributed by atoms with van der Waals surface area (Å²) in [5.41, 5.74) is 0.514. The summed E-state index contributed by atoms with van der Waals surface area (Å²) in [6, 6.07) is 7.82. The number of hydrogen-bond donors (Lipinski definition) is 2. The first-order valence-electron chi connectivity index (χ1n) is 8.82. The van der Waals surface area contributed by atoms with Gasteiger partial charge in [0.05, 0.1) is 23.0 Å². The van der Waals surface area contributed by atoms with E-state index < -0.39 is 42.1 Å². The van der Waals surface area contributed by atoms with E-state index in [0.29, 0.717) is 10.6 Å². The van der Waals surface area contributed by atoms with Crippen molar-refractivity contribution < 1.29 is 27.9 Å². The molecular weight excluding hydrogens is 420 g/mol. The van der Waals surface area contributed by atoms with Gasteiger partial charge in [0.25, 0.3) is 0 Å². The van der Waals surface area contributed by atoms with Gasteiger partial charge in [0, 0.05) is 11.1 Å². The topological polar surface area (TPSA) is 87.7 Å². The van der Waals surface area contributed by atoms with Gasteiger partial charge in [-0.05, 0) is 23.8 Å². The molecule has 4 rings (SSSR count). The molecule has 154 valence electrons. The van der Waals surface area contributed by atoms with Crippen LogP contribution >= 0.6 is 11.6 Å². The molecule has 1 atom stereocenters. The van der Waals surface area contributed by atoms with Crippen LogP contribution in [0.2, 0.25) is 5.02 Å². The van der Waals surface area contributed by atoms with Crippen molar-refractivity contribution in [3.05, 3.63) is 76.0 Å². The number of benzene rings is 2. The molecule has 0 radical (unpaired) electrons. The van der Waals surface area contributed by atoms with Crippen LogP contribution in [-0.2, 0) is 14.3 Å². The Bertz CT molecular complexity index is 1110. The standard InChI is InChI=1S/C20H14ClF2N3O4/c21-12-4-2-1-3-11(12)18-17-15(9-30-19(17)28)26(20(29)25-18)8-16(27)24-14-7-10(22)5-6-13(14)23/h1-7,18H,8-9H2,(H,24,27)(H,25,29)/t18-/m0/s1. The number of hydrogen-bond acceptors (Lipinski definition) is 4. The van der Waals surface area contributed by atoms with Crippen molar-refractivity contribution >= 4 is 35.2 Å². The molecule has 0 saturated carbocycles. The molecule has 30 heavy (non-hydrogen) atoms. The Morgan fingerprint density at radius 1 is 1.23 bits per heavy atom. The van der Waals surface area contributed by atoms with Crippen molar-refractivity contribution in [2.24, 2.45) is 0 Å². The van der Waals surface area contributed by atoms with Gasteiger partial charge in [0.2, 0.25) is 5.91 Å². The molecule has 7 nitrogen and oxygen atoms in total. The van der Waals surface area contributed by atoms with Crippen LogP contribution in [0.5, 0.6) is 0 Å². The van der Waals surface area contributed by atoms with Crippen LogP contribution in [0.25, 0.3) is 0 Å². The number of nitrogens with zero attached hydrogens (tertiary/aromatic N) is 1. The zero-order valence-electron chi connectivity index (χ0n) is 15.2. The maximum atomic E-state index is 13.8. The Hall–Kier alpha value is -3.46. The molecule has 0 spiro atoms. The summed E-state index contributed by atoms with van der Waals surface area (Å²) in [6.07, 6.45) is 0. The second-order valence-electron chi connectivity index (χ2n) is 6.60. The number of urea groups is 1. The van der Waals surface area contributed by atoms with E-state index in [9.17, 15) is 23.2 Å². The molecule has 2 aliphatic rings. The Balaban J connectivity index is 1.62. The third-order valence-corrected chi connectivity index (χ3v) is 5.06. The fraction of sp³-hybridized carbons (Fsp3) is 0.150. The molecule has 0 unspecified atom stereocenters. The van der Waals surface area contributed by atoms with Gasteiger partial charge in [-0.1, -0.05) is 29.8 Å². The second-order valence-corrected chi connectivity index (χ2v) is 7.01. The number of amides is 3. The molecule has 0 aliphatic carbocycles. The average molecular weight is 434 g/mol. The van der Waals surface area contributed by atoms with Gasteiger partial charge in [-0.2, -0.15) is 0 Å². The average Bonchev–Trinajstić information content (AvgIpc) is 3.09. The van der Waals surface area contributed by atoms with E-state index in [1.807, 2.05) is 0 Å². The molecule has 10 heteroatoms. The van der Waals surface area contributed by atoms with Crippen LogP contribution in [0, 0.1) is 11.6 Å². The molecule has 2 heterocycles. The fourth-order valence-corrected chi connectivity index (χ4v) is 3.59. The normalized spacial score (nSPS) is 18.1. The molecule has 2 aromatic carbocycles. The molecule has 0 fully saturated rings. The van der Waals surface area contributed by atoms with Crippen LogP contribution in [0.3, 0.4) is 0 Å². The van der Waals surface area contributed by atoms with E-state index in [1.54, 1.807) is 24.3 Å². The monoisotopic (exact) mass is 433 g/mol. The highest BCUT2D eigenvalue weighted by Gasteiger charge is 2.43. The lowest BCUT2D eigenvalue weighted by molar-refractivity contribution is -0.136. The number of rotatable bonds is 4. The van der Waals surface area contributed by atoms with Crippen LogP contribution < -0.4 is 10.6 Å². The smallest absolute Gasteiger partial charge is 0.338 e. The van der Waals surface area contributed by atoms with E-state index in [2.05, 4.69) is 10.6 Å². The van der Waals surface area contributed by atoms with E-state index in [-0.39, 0.29) is 23.6 Å². The molecule has 2 N–H and O–H groups in total. The van der Waals surface area contributed by atoms with Crippen molar-refractivity contribution in [2.45, 2.75) is 6.04 Å². The Morgan fingerprint density at radius 3 is 2.77 bits per heavy atom. The summed E-state index contributed by atoms with van der Waals surface area (Å²) in [7, 11) is 0. The minimum atomic E-state index is -0.837. The predicted molar refractivity (Wildman–Crippen MR) is 102 cm³/mol. The van der Waals surface area contributed by atoms with Gasteiger partial charge < -0.3 is 15.4 Å². The summed E-state index contributed by atoms with van der Waals surface area (Å²) in [5, 5.41) is 5.21. The van der Waals surface area contributed by atoms with Gasteiger partial charge in [-0.25, -0.2) is 18.4 Å². The Kier molecular flexibility index (Phi) is 5.13. The summed E-state index contributed by atoms with van der Waals surface area (Å²) >= 11 is 6.21. The van der Waals surface area contributed by atoms with Gasteiger partial charge in [-0.15, -0.1) is 0 Å². The summed E-state index contributed by atoms with van der Waals surface area (Å²) < 4.78 is 32.2. The van der Waals surface area contributed by atoms with Crippen molar-refractivity contribution in [2.75, 3.05) is 18.5 Å². The van der Waals surface area contributed by atoms with Crippen molar-refractivity contribution in [1.82, 2.24) is 10.2 Å². The highest BCUT2D eigenvalue weighted by atomic mass is 35.5. The molecule has 0 aromatic heterocycles. The third kappa shape index (κ3) is 3.59. The number of carbonyl (C=O) groups excluding carboxylic acids is 3. The van der Waals surface area contributed by atoms with Crippen LogP contribution in [0.4, 0.5) is 19.3 Å². The van der Waals surface area contributed by atoms with Crippen molar-refractivity contribution in [1.29, 1.82) is 0 Å². The summed E-state index contributed by atoms with van der Waals surface area (Å²) in [6.45, 7) is -0.739. The first-order chi connectivity index (χ1) is 14.3. The molecule has 0 bridgehead atoms. The van der Waals surface area contributed by atoms with Crippen LogP contribution in [-0.4, -0.2) is 36.0 Å². The summed E-state index contributed by atoms with van der Waals surface area (Å²) in [4.78, 5) is 38.4. The number of nitrogens with one attached hydrogen (secondary N) is 2. The van der Waals surface area contributed by atoms with Crippen LogP contribution in [0.1, 0.15) is 11.6 Å². The van der Waals surface area contributed by atoms with Gasteiger partial charge in [-0.3, -0.25) is 9.69 Å². The van der Waals surface area contributed by atoms with Crippen molar-refractivity contribution in [3.8, 4) is 0 Å². The minimum Gasteiger partial charge on any atom is -0.456 e. The van der Waals surface area contributed by atoms with E-state index in [4.69, 9.17) is 16.3 Å². The summed E-state index contributed by atoms with van der Waals surface area (Å²) in [5.74, 6) is -2.98. The number of ether oxygens (including phenoxy) is 1. The zero-order valence-corrected chi connectivity index (χ0v) is 16.0. The number of anilines is 1. The largest absolute Gasteiger partial charge is 0.456 e. The first kappa shape index (κ1) is 19.8. The maximum Gasteiger partial charge on any atom is 0.338 e. The zero-order chi connectivity index (χ0) is 21.4. The molecular formula is C20H14ClF2N3O4. The quantitative estimate of drug-likeness (QED) is 0.725. The SMILES string of the molecule is O=C(CN1C(=O)N[C@@H](c2ccccc2Cl)C2=C1COC2=O)Nc1cc(F)ccc1F. The molecule has 2 aromatic rings. The van der Waals surface area contributed by atoms with Gasteiger partial charge >= 0.3 is 12.0 Å². The second kappa shape index (κ2) is 7.75. The third-order valence-electron chi connectivity index (χ3n) is 4.72. The van der Waals surface area contributed by atoms with E-state index in [0.717, 1.165) is 23.1 Å². The van der Waals surface area contributed by atoms with Crippen LogP contribution in [0.15, 0.2) is 53.7 Å². The number of carbonyl (C=O) groups is 3. The van der Waals surface area contributed by atoms with Gasteiger partial charge in [0.1, 0.15) is 24.8 Å². The molecule has 0 saturated heterocycles. The van der Waals surface area contributed by atoms with Gasteiger partial charge in [0.15, 0.2) is 0 Å². The number of esters is 1. The van der Waals surface area contributed by atoms with E-state index in [1.165, 1.54) is 0 Å². The minimum absolute atomic E-state index is 0.160. The van der Waals surface area contributed by atoms with E-state index >= 15 is 0 Å². The highest BCUT2D eigenvalue weighted by Crippen LogP contribution is 2.37. The Labute approximate surface area is 174 Å². The molecule has 2 aliphatic heterocycles. The maximum absolute atomic E-state index is 13.8.